The fourth-order valence-corrected chi connectivity index (χ4v) is 4.50. The average molecular weight is 451 g/mol. The van der Waals surface area contributed by atoms with E-state index in [1.807, 2.05) is 50.2 Å². The van der Waals surface area contributed by atoms with Crippen molar-refractivity contribution >= 4 is 22.6 Å². The molecule has 1 aromatic carbocycles. The second-order valence-corrected chi connectivity index (χ2v) is 8.21. The lowest BCUT2D eigenvalue weighted by molar-refractivity contribution is 0.0123. The summed E-state index contributed by atoms with van der Waals surface area (Å²) in [5.74, 6) is -0.358. The van der Waals surface area contributed by atoms with E-state index in [-0.39, 0.29) is 23.8 Å². The predicted octanol–water partition coefficient (Wildman–Crippen LogP) is 2.32. The van der Waals surface area contributed by atoms with Gasteiger partial charge in [-0.3, -0.25) is 19.8 Å². The Kier molecular flexibility index (Phi) is 6.76. The van der Waals surface area contributed by atoms with Gasteiger partial charge in [0.05, 0.1) is 30.7 Å². The Labute approximate surface area is 192 Å². The van der Waals surface area contributed by atoms with Gasteiger partial charge in [-0.15, -0.1) is 0 Å². The summed E-state index contributed by atoms with van der Waals surface area (Å²) in [6.45, 7) is 6.23. The van der Waals surface area contributed by atoms with Crippen molar-refractivity contribution in [1.29, 1.82) is 0 Å². The number of carbonyl (C=O) groups is 2. The maximum atomic E-state index is 13.7. The van der Waals surface area contributed by atoms with Crippen LogP contribution in [-0.4, -0.2) is 52.1 Å². The van der Waals surface area contributed by atoms with Crippen molar-refractivity contribution in [1.82, 2.24) is 19.6 Å². The van der Waals surface area contributed by atoms with Crippen LogP contribution >= 0.6 is 0 Å². The minimum atomic E-state index is -0.239. The van der Waals surface area contributed by atoms with E-state index in [2.05, 4.69) is 5.43 Å². The largest absolute Gasteiger partial charge is 0.379 e. The van der Waals surface area contributed by atoms with Gasteiger partial charge in [-0.2, -0.15) is 0 Å². The number of ether oxygens (including phenoxy) is 1. The Morgan fingerprint density at radius 1 is 1.06 bits per heavy atom. The number of Topliss-reactive ketones (excluding diaryl/α,β-unsaturated/α-hetero) is 1. The van der Waals surface area contributed by atoms with Crippen molar-refractivity contribution in [3.05, 3.63) is 69.3 Å². The molecular formula is C25H30N4O4. The molecule has 1 aliphatic rings. The molecule has 0 radical (unpaired) electrons. The molecular weight excluding hydrogens is 420 g/mol. The normalized spacial score (nSPS) is 14.5. The van der Waals surface area contributed by atoms with Crippen LogP contribution in [0.1, 0.15) is 46.0 Å². The van der Waals surface area contributed by atoms with Crippen molar-refractivity contribution in [3.63, 3.8) is 0 Å². The van der Waals surface area contributed by atoms with Crippen molar-refractivity contribution in [2.75, 3.05) is 26.3 Å². The maximum absolute atomic E-state index is 13.7. The molecule has 0 bridgehead atoms. The van der Waals surface area contributed by atoms with Crippen LogP contribution < -0.4 is 11.0 Å². The van der Waals surface area contributed by atoms with Crippen LogP contribution in [0.15, 0.2) is 41.2 Å². The van der Waals surface area contributed by atoms with Crippen molar-refractivity contribution in [2.45, 2.75) is 33.2 Å². The number of benzene rings is 1. The molecule has 8 nitrogen and oxygen atoms in total. The number of nitrogens with zero attached hydrogens (tertiary/aromatic N) is 3. The zero-order chi connectivity index (χ0) is 23.5. The highest BCUT2D eigenvalue weighted by molar-refractivity contribution is 6.01. The third-order valence-electron chi connectivity index (χ3n) is 6.25. The quantitative estimate of drug-likeness (QED) is 0.559. The number of hydrogen-bond donors (Lipinski definition) is 1. The molecule has 0 aliphatic carbocycles. The van der Waals surface area contributed by atoms with E-state index in [1.165, 1.54) is 0 Å². The zero-order valence-corrected chi connectivity index (χ0v) is 19.4. The zero-order valence-electron chi connectivity index (χ0n) is 19.4. The highest BCUT2D eigenvalue weighted by atomic mass is 16.5. The Morgan fingerprint density at radius 3 is 2.39 bits per heavy atom. The number of ketones is 1. The van der Waals surface area contributed by atoms with Crippen LogP contribution in [0.2, 0.25) is 0 Å². The predicted molar refractivity (Wildman–Crippen MR) is 127 cm³/mol. The van der Waals surface area contributed by atoms with Gasteiger partial charge in [0.25, 0.3) is 11.5 Å². The Hall–Kier alpha value is -3.23. The molecule has 1 amide bonds. The summed E-state index contributed by atoms with van der Waals surface area (Å²) in [4.78, 5) is 39.8. The lowest BCUT2D eigenvalue weighted by Gasteiger charge is -2.27. The van der Waals surface area contributed by atoms with Crippen LogP contribution in [0.25, 0.3) is 10.9 Å². The van der Waals surface area contributed by atoms with Crippen LogP contribution in [0.3, 0.4) is 0 Å². The molecule has 0 saturated carbocycles. The molecule has 33 heavy (non-hydrogen) atoms. The summed E-state index contributed by atoms with van der Waals surface area (Å²) in [6.07, 6.45) is 1.12. The molecule has 4 rings (SSSR count). The summed E-state index contributed by atoms with van der Waals surface area (Å²) >= 11 is 0. The number of carbonyl (C=O) groups excluding carboxylic acids is 2. The smallest absolute Gasteiger partial charge is 0.282 e. The second-order valence-electron chi connectivity index (χ2n) is 8.21. The molecule has 2 aromatic heterocycles. The van der Waals surface area contributed by atoms with Gasteiger partial charge >= 0.3 is 0 Å². The van der Waals surface area contributed by atoms with Gasteiger partial charge < -0.3 is 13.9 Å². The first-order valence-corrected chi connectivity index (χ1v) is 11.4. The molecule has 0 unspecified atom stereocenters. The van der Waals surface area contributed by atoms with E-state index in [1.54, 1.807) is 21.3 Å². The van der Waals surface area contributed by atoms with Crippen molar-refractivity contribution < 1.29 is 14.3 Å². The van der Waals surface area contributed by atoms with E-state index in [4.69, 9.17) is 4.74 Å². The number of hydrogen-bond acceptors (Lipinski definition) is 5. The molecule has 0 spiro atoms. The van der Waals surface area contributed by atoms with Gasteiger partial charge in [-0.05, 0) is 24.5 Å². The van der Waals surface area contributed by atoms with Crippen LogP contribution in [0.5, 0.6) is 0 Å². The first-order chi connectivity index (χ1) is 16.0. The number of nitrogens with one attached hydrogen (secondary N) is 1. The maximum Gasteiger partial charge on any atom is 0.282 e. The van der Waals surface area contributed by atoms with Gasteiger partial charge in [0.2, 0.25) is 0 Å². The molecule has 0 atom stereocenters. The number of aromatic nitrogens is 2. The highest BCUT2D eigenvalue weighted by Gasteiger charge is 2.26. The van der Waals surface area contributed by atoms with Gasteiger partial charge in [-0.1, -0.05) is 44.2 Å². The first kappa shape index (κ1) is 22.9. The summed E-state index contributed by atoms with van der Waals surface area (Å²) in [6, 6.07) is 10.9. The topological polar surface area (TPSA) is 85.6 Å². The number of fused-ring (bicyclic) bond motifs is 1. The van der Waals surface area contributed by atoms with Crippen LogP contribution in [0.4, 0.5) is 0 Å². The van der Waals surface area contributed by atoms with Gasteiger partial charge in [-0.25, -0.2) is 5.01 Å². The summed E-state index contributed by atoms with van der Waals surface area (Å²) in [5, 5.41) is 2.35. The average Bonchev–Trinajstić information content (AvgIpc) is 3.13. The highest BCUT2D eigenvalue weighted by Crippen LogP contribution is 2.25. The Balaban J connectivity index is 1.79. The standard InChI is InChI=1S/C25H30N4O4/c1-4-18-15-20-22(25(32)29(18)16-21(30)17-9-7-6-8-10-17)19(5-2)23(27(20)3)24(31)26-28-11-13-33-14-12-28/h6-10,15H,4-5,11-14,16H2,1-3H3,(H,26,31). The molecule has 1 N–H and O–H groups in total. The molecule has 174 valence electrons. The minimum absolute atomic E-state index is 0.0324. The monoisotopic (exact) mass is 450 g/mol. The van der Waals surface area contributed by atoms with Gasteiger partial charge in [0.15, 0.2) is 5.78 Å². The number of amides is 1. The molecule has 1 aliphatic heterocycles. The molecule has 3 heterocycles. The van der Waals surface area contributed by atoms with E-state index in [0.29, 0.717) is 66.9 Å². The summed E-state index contributed by atoms with van der Waals surface area (Å²) < 4.78 is 8.71. The second kappa shape index (κ2) is 9.72. The lowest BCUT2D eigenvalue weighted by Crippen LogP contribution is -2.48. The number of hydrazine groups is 1. The summed E-state index contributed by atoms with van der Waals surface area (Å²) in [5.41, 5.74) is 5.95. The first-order valence-electron chi connectivity index (χ1n) is 11.4. The third-order valence-corrected chi connectivity index (χ3v) is 6.25. The Morgan fingerprint density at radius 2 is 1.76 bits per heavy atom. The van der Waals surface area contributed by atoms with E-state index in [9.17, 15) is 14.4 Å². The van der Waals surface area contributed by atoms with E-state index >= 15 is 0 Å². The SMILES string of the molecule is CCc1c(C(=O)NN2CCOCC2)n(C)c2cc(CC)n(CC(=O)c3ccccc3)c(=O)c12. The number of morpholine rings is 1. The van der Waals surface area contributed by atoms with E-state index < -0.39 is 0 Å². The summed E-state index contributed by atoms with van der Waals surface area (Å²) in [7, 11) is 1.81. The van der Waals surface area contributed by atoms with Gasteiger partial charge in [0.1, 0.15) is 5.69 Å². The fourth-order valence-electron chi connectivity index (χ4n) is 4.50. The Bertz CT molecular complexity index is 1240. The fraction of sp³-hybridized carbons (Fsp3) is 0.400. The van der Waals surface area contributed by atoms with Crippen LogP contribution in [-0.2, 0) is 31.2 Å². The van der Waals surface area contributed by atoms with Crippen molar-refractivity contribution in [3.8, 4) is 0 Å². The van der Waals surface area contributed by atoms with Gasteiger partial charge in [0, 0.05) is 31.4 Å². The number of pyridine rings is 1. The molecule has 8 heteroatoms. The minimum Gasteiger partial charge on any atom is -0.379 e. The molecule has 1 fully saturated rings. The lowest BCUT2D eigenvalue weighted by atomic mass is 10.1. The number of rotatable bonds is 7. The molecule has 1 saturated heterocycles. The van der Waals surface area contributed by atoms with Crippen molar-refractivity contribution in [2.24, 2.45) is 7.05 Å². The number of aryl methyl sites for hydroxylation is 3. The third kappa shape index (κ3) is 4.36. The van der Waals surface area contributed by atoms with E-state index in [0.717, 1.165) is 5.69 Å². The van der Waals surface area contributed by atoms with Crippen LogP contribution in [0, 0.1) is 0 Å². The molecule has 3 aromatic rings.